The van der Waals surface area contributed by atoms with Crippen molar-refractivity contribution in [3.63, 3.8) is 0 Å². The molecule has 2 aliphatic heterocycles. The van der Waals surface area contributed by atoms with Gasteiger partial charge in [-0.2, -0.15) is 5.10 Å². The Morgan fingerprint density at radius 1 is 1.25 bits per heavy atom. The highest BCUT2D eigenvalue weighted by Gasteiger charge is 2.52. The summed E-state index contributed by atoms with van der Waals surface area (Å²) in [6, 6.07) is 1.77. The molecular formula is C12H19BN2O4S. The molecule has 3 heterocycles. The molecule has 1 aromatic rings. The highest BCUT2D eigenvalue weighted by Crippen LogP contribution is 2.36. The minimum Gasteiger partial charge on any atom is -0.398 e. The summed E-state index contributed by atoms with van der Waals surface area (Å²) in [6.07, 6.45) is 1.79. The molecule has 0 radical (unpaired) electrons. The van der Waals surface area contributed by atoms with E-state index in [0.29, 0.717) is 5.59 Å². The molecule has 0 aromatic carbocycles. The quantitative estimate of drug-likeness (QED) is 0.727. The smallest absolute Gasteiger partial charge is 0.398 e. The minimum atomic E-state index is -2.85. The van der Waals surface area contributed by atoms with E-state index in [1.807, 2.05) is 33.8 Å². The fraction of sp³-hybridized carbons (Fsp3) is 0.750. The summed E-state index contributed by atoms with van der Waals surface area (Å²) in [7, 11) is -3.35. The molecule has 0 spiro atoms. The summed E-state index contributed by atoms with van der Waals surface area (Å²) in [6.45, 7) is 7.95. The van der Waals surface area contributed by atoms with Gasteiger partial charge in [0, 0.05) is 6.20 Å². The van der Waals surface area contributed by atoms with Crippen LogP contribution in [0.3, 0.4) is 0 Å². The summed E-state index contributed by atoms with van der Waals surface area (Å²) in [4.78, 5) is 0. The second-order valence-corrected chi connectivity index (χ2v) is 8.69. The lowest BCUT2D eigenvalue weighted by atomic mass is 9.85. The largest absolute Gasteiger partial charge is 0.516 e. The van der Waals surface area contributed by atoms with Crippen molar-refractivity contribution >= 4 is 22.5 Å². The van der Waals surface area contributed by atoms with E-state index in [-0.39, 0.29) is 17.5 Å². The number of aromatic nitrogens is 2. The zero-order chi connectivity index (χ0) is 14.8. The maximum atomic E-state index is 11.2. The lowest BCUT2D eigenvalue weighted by Gasteiger charge is -2.32. The maximum Gasteiger partial charge on any atom is 0.516 e. The van der Waals surface area contributed by atoms with Gasteiger partial charge >= 0.3 is 7.12 Å². The van der Waals surface area contributed by atoms with E-state index < -0.39 is 28.2 Å². The van der Waals surface area contributed by atoms with Gasteiger partial charge in [0.1, 0.15) is 0 Å². The van der Waals surface area contributed by atoms with Crippen LogP contribution in [0.15, 0.2) is 12.3 Å². The molecule has 3 rings (SSSR count). The molecule has 20 heavy (non-hydrogen) atoms. The van der Waals surface area contributed by atoms with Crippen molar-refractivity contribution in [2.45, 2.75) is 44.9 Å². The van der Waals surface area contributed by atoms with Crippen molar-refractivity contribution in [2.24, 2.45) is 0 Å². The lowest BCUT2D eigenvalue weighted by Crippen LogP contribution is -2.41. The highest BCUT2D eigenvalue weighted by molar-refractivity contribution is 7.92. The van der Waals surface area contributed by atoms with Crippen LogP contribution in [0.2, 0.25) is 0 Å². The standard InChI is InChI=1S/C12H19BN2O4S/c1-11(2)12(3,4)19-13(18-11)10-5-6-15(14-10)9-7-20(16,17)8-9/h5-6,9H,7-8H2,1-4H3. The Kier molecular flexibility index (Phi) is 2.88. The number of hydrogen-bond donors (Lipinski definition) is 0. The monoisotopic (exact) mass is 298 g/mol. The van der Waals surface area contributed by atoms with Crippen molar-refractivity contribution in [2.75, 3.05) is 11.5 Å². The van der Waals surface area contributed by atoms with Gasteiger partial charge in [-0.1, -0.05) is 0 Å². The summed E-state index contributed by atoms with van der Waals surface area (Å²) < 4.78 is 36.0. The van der Waals surface area contributed by atoms with Gasteiger partial charge in [-0.25, -0.2) is 8.42 Å². The third-order valence-corrected chi connectivity index (χ3v) is 6.18. The van der Waals surface area contributed by atoms with Crippen molar-refractivity contribution in [1.29, 1.82) is 0 Å². The van der Waals surface area contributed by atoms with Crippen LogP contribution in [0, 0.1) is 0 Å². The molecule has 2 fully saturated rings. The first kappa shape index (κ1) is 14.1. The summed E-state index contributed by atoms with van der Waals surface area (Å²) in [5.41, 5.74) is -0.115. The topological polar surface area (TPSA) is 70.4 Å². The zero-order valence-corrected chi connectivity index (χ0v) is 13.0. The van der Waals surface area contributed by atoms with E-state index in [1.54, 1.807) is 10.9 Å². The van der Waals surface area contributed by atoms with Gasteiger partial charge in [0.25, 0.3) is 0 Å². The molecule has 6 nitrogen and oxygen atoms in total. The molecule has 0 amide bonds. The normalized spacial score (nSPS) is 27.5. The highest BCUT2D eigenvalue weighted by atomic mass is 32.2. The Hall–Kier alpha value is -0.855. The number of nitrogens with zero attached hydrogens (tertiary/aromatic N) is 2. The van der Waals surface area contributed by atoms with Gasteiger partial charge < -0.3 is 9.31 Å². The predicted molar refractivity (Wildman–Crippen MR) is 75.6 cm³/mol. The minimum absolute atomic E-state index is 0.0591. The molecule has 8 heteroatoms. The molecule has 2 saturated heterocycles. The van der Waals surface area contributed by atoms with Gasteiger partial charge in [0.15, 0.2) is 9.84 Å². The Balaban J connectivity index is 1.76. The average molecular weight is 298 g/mol. The molecule has 0 bridgehead atoms. The van der Waals surface area contributed by atoms with Gasteiger partial charge in [0.2, 0.25) is 0 Å². The van der Waals surface area contributed by atoms with E-state index >= 15 is 0 Å². The van der Waals surface area contributed by atoms with Crippen LogP contribution < -0.4 is 5.59 Å². The number of hydrogen-bond acceptors (Lipinski definition) is 5. The Morgan fingerprint density at radius 2 is 1.80 bits per heavy atom. The van der Waals surface area contributed by atoms with Crippen molar-refractivity contribution in [3.8, 4) is 0 Å². The first-order valence-electron chi connectivity index (χ1n) is 6.71. The van der Waals surface area contributed by atoms with Crippen molar-refractivity contribution in [1.82, 2.24) is 9.78 Å². The zero-order valence-electron chi connectivity index (χ0n) is 12.2. The van der Waals surface area contributed by atoms with Crippen LogP contribution in [-0.4, -0.2) is 48.0 Å². The van der Waals surface area contributed by atoms with E-state index in [0.717, 1.165) is 0 Å². The fourth-order valence-corrected chi connectivity index (χ4v) is 3.72. The molecule has 2 aliphatic rings. The van der Waals surface area contributed by atoms with Crippen molar-refractivity contribution in [3.05, 3.63) is 12.3 Å². The van der Waals surface area contributed by atoms with Gasteiger partial charge in [-0.3, -0.25) is 4.68 Å². The summed E-state index contributed by atoms with van der Waals surface area (Å²) in [5, 5.41) is 4.41. The lowest BCUT2D eigenvalue weighted by molar-refractivity contribution is 0.00578. The van der Waals surface area contributed by atoms with Crippen LogP contribution in [0.4, 0.5) is 0 Å². The van der Waals surface area contributed by atoms with E-state index in [9.17, 15) is 8.42 Å². The Morgan fingerprint density at radius 3 is 2.30 bits per heavy atom. The number of sulfone groups is 1. The maximum absolute atomic E-state index is 11.2. The molecule has 0 atom stereocenters. The fourth-order valence-electron chi connectivity index (χ4n) is 2.34. The van der Waals surface area contributed by atoms with E-state index in [2.05, 4.69) is 5.10 Å². The molecule has 0 N–H and O–H groups in total. The van der Waals surface area contributed by atoms with E-state index in [1.165, 1.54) is 0 Å². The van der Waals surface area contributed by atoms with Gasteiger partial charge in [-0.15, -0.1) is 0 Å². The molecule has 110 valence electrons. The third kappa shape index (κ3) is 2.19. The molecule has 1 aromatic heterocycles. The number of rotatable bonds is 2. The first-order valence-corrected chi connectivity index (χ1v) is 8.53. The molecule has 0 unspecified atom stereocenters. The first-order chi connectivity index (χ1) is 9.10. The molecule has 0 aliphatic carbocycles. The predicted octanol–water partition coefficient (Wildman–Crippen LogP) is 0.152. The van der Waals surface area contributed by atoms with Crippen LogP contribution in [0.25, 0.3) is 0 Å². The van der Waals surface area contributed by atoms with Crippen LogP contribution in [0.1, 0.15) is 33.7 Å². The third-order valence-electron chi connectivity index (χ3n) is 4.39. The van der Waals surface area contributed by atoms with Crippen LogP contribution in [0.5, 0.6) is 0 Å². The van der Waals surface area contributed by atoms with E-state index in [4.69, 9.17) is 9.31 Å². The van der Waals surface area contributed by atoms with Gasteiger partial charge in [0.05, 0.1) is 34.3 Å². The second-order valence-electron chi connectivity index (χ2n) is 6.54. The van der Waals surface area contributed by atoms with Crippen molar-refractivity contribution < 1.29 is 17.7 Å². The average Bonchev–Trinajstić information content (AvgIpc) is 2.79. The Bertz CT molecular complexity index is 610. The van der Waals surface area contributed by atoms with Crippen LogP contribution >= 0.6 is 0 Å². The Labute approximate surface area is 119 Å². The summed E-state index contributed by atoms with van der Waals surface area (Å²) in [5.74, 6) is 0.328. The SMILES string of the molecule is CC1(C)OB(c2ccn(C3CS(=O)(=O)C3)n2)OC1(C)C. The van der Waals surface area contributed by atoms with Crippen LogP contribution in [-0.2, 0) is 19.1 Å². The molecule has 0 saturated carbocycles. The van der Waals surface area contributed by atoms with Gasteiger partial charge in [-0.05, 0) is 33.8 Å². The second kappa shape index (κ2) is 4.08. The summed E-state index contributed by atoms with van der Waals surface area (Å²) >= 11 is 0. The molecular weight excluding hydrogens is 279 g/mol.